The fourth-order valence-electron chi connectivity index (χ4n) is 3.03. The van der Waals surface area contributed by atoms with Crippen molar-refractivity contribution in [3.8, 4) is 5.75 Å². The molecule has 24 heavy (non-hydrogen) atoms. The lowest BCUT2D eigenvalue weighted by Gasteiger charge is -2.28. The molecule has 0 saturated carbocycles. The minimum absolute atomic E-state index is 0.111. The summed E-state index contributed by atoms with van der Waals surface area (Å²) < 4.78 is 5.74. The zero-order valence-electron chi connectivity index (χ0n) is 14.7. The van der Waals surface area contributed by atoms with Gasteiger partial charge in [0.05, 0.1) is 6.10 Å². The maximum Gasteiger partial charge on any atom is 0.458 e. The van der Waals surface area contributed by atoms with Gasteiger partial charge in [0.25, 0.3) is 0 Å². The van der Waals surface area contributed by atoms with Crippen LogP contribution in [0.3, 0.4) is 0 Å². The van der Waals surface area contributed by atoms with Crippen LogP contribution in [0, 0.1) is 0 Å². The van der Waals surface area contributed by atoms with Gasteiger partial charge < -0.3 is 14.8 Å². The summed E-state index contributed by atoms with van der Waals surface area (Å²) in [6.45, 7) is 8.36. The van der Waals surface area contributed by atoms with Crippen LogP contribution >= 0.6 is 0 Å². The van der Waals surface area contributed by atoms with E-state index in [9.17, 15) is 10.1 Å². The molecule has 0 aliphatic carbocycles. The number of phenolic OH excluding ortho intramolecular Hbond substituents is 1. The lowest BCUT2D eigenvalue weighted by molar-refractivity contribution is 0.183. The Labute approximate surface area is 145 Å². The summed E-state index contributed by atoms with van der Waals surface area (Å²) in [5.74, 6) is 0.290. The van der Waals surface area contributed by atoms with Crippen molar-refractivity contribution in [2.75, 3.05) is 0 Å². The zero-order valence-corrected chi connectivity index (χ0v) is 14.7. The summed E-state index contributed by atoms with van der Waals surface area (Å²) in [6, 6.07) is 7.31. The molecule has 0 bridgehead atoms. The smallest absolute Gasteiger partial charge is 0.458 e. The summed E-state index contributed by atoms with van der Waals surface area (Å²) in [4.78, 5) is 0. The number of benzene rings is 1. The number of hydrogen-bond acceptors (Lipinski definition) is 3. The van der Waals surface area contributed by atoms with Gasteiger partial charge in [-0.05, 0) is 43.4 Å². The molecule has 1 unspecified atom stereocenters. The molecular formula is C20H27BO3. The van der Waals surface area contributed by atoms with Crippen LogP contribution in [0.25, 0.3) is 6.08 Å². The maximum absolute atomic E-state index is 9.86. The Morgan fingerprint density at radius 1 is 1.38 bits per heavy atom. The van der Waals surface area contributed by atoms with Crippen LogP contribution in [0.5, 0.6) is 5.75 Å². The monoisotopic (exact) mass is 326 g/mol. The van der Waals surface area contributed by atoms with Gasteiger partial charge in [-0.2, -0.15) is 0 Å². The molecule has 1 aliphatic heterocycles. The predicted molar refractivity (Wildman–Crippen MR) is 101 cm³/mol. The van der Waals surface area contributed by atoms with Crippen LogP contribution in [0.2, 0.25) is 6.32 Å². The van der Waals surface area contributed by atoms with Crippen molar-refractivity contribution in [2.24, 2.45) is 0 Å². The third-order valence-corrected chi connectivity index (χ3v) is 4.31. The van der Waals surface area contributed by atoms with E-state index in [2.05, 4.69) is 26.5 Å². The Morgan fingerprint density at radius 2 is 2.12 bits per heavy atom. The fraction of sp³-hybridized carbons (Fsp3) is 0.400. The molecule has 0 radical (unpaired) electrons. The van der Waals surface area contributed by atoms with Crippen molar-refractivity contribution >= 4 is 13.2 Å². The van der Waals surface area contributed by atoms with E-state index in [0.29, 0.717) is 6.32 Å². The van der Waals surface area contributed by atoms with E-state index in [1.54, 1.807) is 6.07 Å². The van der Waals surface area contributed by atoms with Crippen molar-refractivity contribution < 1.29 is 14.8 Å². The van der Waals surface area contributed by atoms with Crippen LogP contribution in [-0.4, -0.2) is 23.4 Å². The highest BCUT2D eigenvalue weighted by molar-refractivity contribution is 6.43. The van der Waals surface area contributed by atoms with Gasteiger partial charge in [-0.15, -0.1) is 0 Å². The Hall–Kier alpha value is -1.78. The molecular weight excluding hydrogens is 299 g/mol. The van der Waals surface area contributed by atoms with Crippen LogP contribution in [0.15, 0.2) is 53.6 Å². The highest BCUT2D eigenvalue weighted by Crippen LogP contribution is 2.29. The van der Waals surface area contributed by atoms with Crippen LogP contribution in [0.4, 0.5) is 0 Å². The first-order valence-corrected chi connectivity index (χ1v) is 8.68. The molecule has 2 rings (SSSR count). The molecule has 0 saturated heterocycles. The molecule has 0 aromatic heterocycles. The summed E-state index contributed by atoms with van der Waals surface area (Å²) >= 11 is 0. The largest absolute Gasteiger partial charge is 0.507 e. The van der Waals surface area contributed by atoms with Crippen molar-refractivity contribution in [3.63, 3.8) is 0 Å². The molecule has 1 atom stereocenters. The first-order valence-electron chi connectivity index (χ1n) is 8.68. The standard InChI is InChI=1S/C20H27BO3/c1-4-7-16(3)18-12-13-21(23)24-20(18)11-10-15(2)14-17-8-5-6-9-19(17)22/h5-6,8-9,12,14,20,22-23H,3-4,7,10-11,13H2,1-2H3/b15-14+. The molecule has 1 aromatic rings. The van der Waals surface area contributed by atoms with E-state index in [1.165, 1.54) is 5.57 Å². The summed E-state index contributed by atoms with van der Waals surface area (Å²) in [6.07, 6.45) is 8.12. The zero-order chi connectivity index (χ0) is 17.5. The molecule has 1 heterocycles. The highest BCUT2D eigenvalue weighted by atomic mass is 16.5. The number of hydrogen-bond donors (Lipinski definition) is 2. The average molecular weight is 326 g/mol. The first-order chi connectivity index (χ1) is 11.5. The summed E-state index contributed by atoms with van der Waals surface area (Å²) in [5, 5.41) is 19.7. The van der Waals surface area contributed by atoms with Crippen LogP contribution in [0.1, 0.15) is 45.1 Å². The second kappa shape index (κ2) is 8.90. The van der Waals surface area contributed by atoms with Crippen molar-refractivity contribution in [2.45, 2.75) is 52.0 Å². The number of rotatable bonds is 7. The quantitative estimate of drug-likeness (QED) is 0.712. The average Bonchev–Trinajstić information content (AvgIpc) is 2.55. The third kappa shape index (κ3) is 5.12. The van der Waals surface area contributed by atoms with E-state index >= 15 is 0 Å². The van der Waals surface area contributed by atoms with E-state index in [0.717, 1.165) is 42.4 Å². The number of para-hydroxylation sites is 1. The van der Waals surface area contributed by atoms with Gasteiger partial charge in [0.1, 0.15) is 5.75 Å². The second-order valence-corrected chi connectivity index (χ2v) is 6.42. The van der Waals surface area contributed by atoms with Crippen LogP contribution in [-0.2, 0) is 4.65 Å². The van der Waals surface area contributed by atoms with Gasteiger partial charge in [-0.1, -0.05) is 55.8 Å². The molecule has 128 valence electrons. The molecule has 3 nitrogen and oxygen atoms in total. The van der Waals surface area contributed by atoms with E-state index in [1.807, 2.05) is 24.3 Å². The Morgan fingerprint density at radius 3 is 2.83 bits per heavy atom. The molecule has 2 N–H and O–H groups in total. The van der Waals surface area contributed by atoms with Gasteiger partial charge in [0, 0.05) is 11.9 Å². The lowest BCUT2D eigenvalue weighted by Crippen LogP contribution is -2.31. The van der Waals surface area contributed by atoms with Gasteiger partial charge in [-0.3, -0.25) is 0 Å². The van der Waals surface area contributed by atoms with Gasteiger partial charge in [0.15, 0.2) is 0 Å². The molecule has 1 aromatic carbocycles. The normalized spacial score (nSPS) is 18.5. The summed E-state index contributed by atoms with van der Waals surface area (Å²) in [5.41, 5.74) is 4.24. The molecule has 0 amide bonds. The van der Waals surface area contributed by atoms with Crippen molar-refractivity contribution in [3.05, 3.63) is 59.2 Å². The Bertz CT molecular complexity index is 634. The van der Waals surface area contributed by atoms with Crippen molar-refractivity contribution in [1.29, 1.82) is 0 Å². The third-order valence-electron chi connectivity index (χ3n) is 4.31. The Kier molecular flexibility index (Phi) is 6.89. The van der Waals surface area contributed by atoms with Crippen LogP contribution < -0.4 is 0 Å². The van der Waals surface area contributed by atoms with E-state index in [4.69, 9.17) is 4.65 Å². The fourth-order valence-corrected chi connectivity index (χ4v) is 3.03. The number of allylic oxidation sites excluding steroid dienone is 2. The van der Waals surface area contributed by atoms with Gasteiger partial charge in [0.2, 0.25) is 0 Å². The minimum atomic E-state index is -0.726. The van der Waals surface area contributed by atoms with Gasteiger partial charge in [-0.25, -0.2) is 0 Å². The Balaban J connectivity index is 2.03. The first kappa shape index (κ1) is 18.6. The predicted octanol–water partition coefficient (Wildman–Crippen LogP) is 4.74. The lowest BCUT2D eigenvalue weighted by atomic mass is 9.77. The van der Waals surface area contributed by atoms with E-state index < -0.39 is 7.12 Å². The maximum atomic E-state index is 9.86. The number of phenols is 1. The second-order valence-electron chi connectivity index (χ2n) is 6.42. The number of aromatic hydroxyl groups is 1. The highest BCUT2D eigenvalue weighted by Gasteiger charge is 2.27. The summed E-state index contributed by atoms with van der Waals surface area (Å²) in [7, 11) is -0.726. The van der Waals surface area contributed by atoms with Gasteiger partial charge >= 0.3 is 7.12 Å². The SMILES string of the molecule is C=C(CCC)C1=CCB(O)OC1CC/C(C)=C/c1ccccc1O. The minimum Gasteiger partial charge on any atom is -0.507 e. The van der Waals surface area contributed by atoms with Crippen molar-refractivity contribution in [1.82, 2.24) is 0 Å². The molecule has 0 spiro atoms. The topological polar surface area (TPSA) is 49.7 Å². The molecule has 4 heteroatoms. The van der Waals surface area contributed by atoms with E-state index in [-0.39, 0.29) is 11.9 Å². The molecule has 0 fully saturated rings. The molecule has 1 aliphatic rings.